The van der Waals surface area contributed by atoms with Crippen LogP contribution in [0.1, 0.15) is 53.9 Å². The second-order valence-electron chi connectivity index (χ2n) is 5.27. The maximum absolute atomic E-state index is 12.1. The van der Waals surface area contributed by atoms with Crippen LogP contribution in [0.15, 0.2) is 4.99 Å². The van der Waals surface area contributed by atoms with Gasteiger partial charge in [-0.25, -0.2) is 0 Å². The predicted molar refractivity (Wildman–Crippen MR) is 79.6 cm³/mol. The first-order valence-corrected chi connectivity index (χ1v) is 7.06. The summed E-state index contributed by atoms with van der Waals surface area (Å²) in [5.74, 6) is 0.609. The summed E-state index contributed by atoms with van der Waals surface area (Å²) in [4.78, 5) is 27.7. The molecular weight excluding hydrogens is 240 g/mol. The summed E-state index contributed by atoms with van der Waals surface area (Å²) in [5.41, 5.74) is 1.09. The Bertz CT molecular complexity index is 333. The van der Waals surface area contributed by atoms with E-state index in [1.807, 2.05) is 18.7 Å². The Morgan fingerprint density at radius 2 is 1.84 bits per heavy atom. The molecule has 1 aliphatic heterocycles. The minimum Gasteiger partial charge on any atom is -0.334 e. The highest BCUT2D eigenvalue weighted by atomic mass is 16.2. The molecule has 1 saturated heterocycles. The first kappa shape index (κ1) is 17.8. The molecule has 2 atom stereocenters. The lowest BCUT2D eigenvalue weighted by Crippen LogP contribution is -2.42. The molecule has 0 aromatic heterocycles. The molecule has 0 aromatic carbocycles. The second kappa shape index (κ2) is 8.83. The van der Waals surface area contributed by atoms with Gasteiger partial charge in [0.1, 0.15) is 5.78 Å². The number of carbonyl (C=O) groups excluding carboxylic acids is 2. The lowest BCUT2D eigenvalue weighted by Gasteiger charge is -2.27. The highest BCUT2D eigenvalue weighted by Gasteiger charge is 2.31. The van der Waals surface area contributed by atoms with E-state index in [9.17, 15) is 9.59 Å². The van der Waals surface area contributed by atoms with Gasteiger partial charge in [0.2, 0.25) is 5.91 Å². The minimum atomic E-state index is 0.148. The van der Waals surface area contributed by atoms with Gasteiger partial charge >= 0.3 is 0 Å². The van der Waals surface area contributed by atoms with Crippen molar-refractivity contribution in [2.45, 2.75) is 59.9 Å². The summed E-state index contributed by atoms with van der Waals surface area (Å²) >= 11 is 0. The SMILES string of the molecule is CC(C)=O.CCC(C)C(=O)N1CCCC1C(C)=NC. The molecule has 0 radical (unpaired) electrons. The predicted octanol–water partition coefficient (Wildman–Crippen LogP) is 2.71. The molecule has 1 aliphatic rings. The Balaban J connectivity index is 0.000000711. The van der Waals surface area contributed by atoms with Crippen molar-refractivity contribution in [3.05, 3.63) is 0 Å². The van der Waals surface area contributed by atoms with E-state index in [1.54, 1.807) is 7.05 Å². The third-order valence-electron chi connectivity index (χ3n) is 3.40. The number of Topliss-reactive ketones (excluding diaryl/α,β-unsaturated/α-hetero) is 1. The molecular formula is C15H28N2O2. The third kappa shape index (κ3) is 5.99. The summed E-state index contributed by atoms with van der Waals surface area (Å²) in [6.45, 7) is 10.1. The molecule has 0 saturated carbocycles. The van der Waals surface area contributed by atoms with Gasteiger partial charge < -0.3 is 9.69 Å². The van der Waals surface area contributed by atoms with Crippen LogP contribution in [0.5, 0.6) is 0 Å². The fourth-order valence-corrected chi connectivity index (χ4v) is 2.07. The van der Waals surface area contributed by atoms with Crippen LogP contribution < -0.4 is 0 Å². The highest BCUT2D eigenvalue weighted by molar-refractivity contribution is 5.92. The summed E-state index contributed by atoms with van der Waals surface area (Å²) in [6.07, 6.45) is 3.11. The first-order chi connectivity index (χ1) is 8.84. The van der Waals surface area contributed by atoms with Crippen molar-refractivity contribution in [2.24, 2.45) is 10.9 Å². The van der Waals surface area contributed by atoms with E-state index in [2.05, 4.69) is 11.9 Å². The van der Waals surface area contributed by atoms with E-state index in [4.69, 9.17) is 0 Å². The molecule has 0 spiro atoms. The van der Waals surface area contributed by atoms with Crippen molar-refractivity contribution in [2.75, 3.05) is 13.6 Å². The standard InChI is InChI=1S/C12H22N2O.C3H6O/c1-5-9(2)12(15)14-8-6-7-11(14)10(3)13-4;1-3(2)4/h9,11H,5-8H2,1-4H3;1-2H3. The molecule has 1 rings (SSSR count). The van der Waals surface area contributed by atoms with Crippen molar-refractivity contribution >= 4 is 17.4 Å². The van der Waals surface area contributed by atoms with Crippen LogP contribution in [0.4, 0.5) is 0 Å². The molecule has 0 bridgehead atoms. The highest BCUT2D eigenvalue weighted by Crippen LogP contribution is 2.21. The van der Waals surface area contributed by atoms with Crippen molar-refractivity contribution in [1.82, 2.24) is 4.90 Å². The normalized spacial score (nSPS) is 20.6. The first-order valence-electron chi connectivity index (χ1n) is 7.06. The zero-order valence-corrected chi connectivity index (χ0v) is 13.2. The average molecular weight is 268 g/mol. The van der Waals surface area contributed by atoms with Crippen LogP contribution >= 0.6 is 0 Å². The summed E-state index contributed by atoms with van der Waals surface area (Å²) in [5, 5.41) is 0. The van der Waals surface area contributed by atoms with Gasteiger partial charge in [0.25, 0.3) is 0 Å². The van der Waals surface area contributed by atoms with Crippen molar-refractivity contribution in [3.8, 4) is 0 Å². The number of likely N-dealkylation sites (tertiary alicyclic amines) is 1. The average Bonchev–Trinajstić information content (AvgIpc) is 2.84. The Hall–Kier alpha value is -1.19. The van der Waals surface area contributed by atoms with Gasteiger partial charge in [0.05, 0.1) is 6.04 Å². The van der Waals surface area contributed by atoms with E-state index in [1.165, 1.54) is 13.8 Å². The number of ketones is 1. The van der Waals surface area contributed by atoms with Gasteiger partial charge in [-0.2, -0.15) is 0 Å². The molecule has 0 N–H and O–H groups in total. The number of carbonyl (C=O) groups is 2. The van der Waals surface area contributed by atoms with Crippen LogP contribution in [-0.4, -0.2) is 41.9 Å². The maximum Gasteiger partial charge on any atom is 0.225 e. The van der Waals surface area contributed by atoms with Gasteiger partial charge in [-0.05, 0) is 40.0 Å². The Morgan fingerprint density at radius 1 is 1.32 bits per heavy atom. The maximum atomic E-state index is 12.1. The van der Waals surface area contributed by atoms with Gasteiger partial charge in [0, 0.05) is 25.2 Å². The summed E-state index contributed by atoms with van der Waals surface area (Å²) in [6, 6.07) is 0.261. The van der Waals surface area contributed by atoms with Crippen molar-refractivity contribution in [1.29, 1.82) is 0 Å². The fourth-order valence-electron chi connectivity index (χ4n) is 2.07. The zero-order chi connectivity index (χ0) is 15.0. The number of nitrogens with zero attached hydrogens (tertiary/aromatic N) is 2. The lowest BCUT2D eigenvalue weighted by atomic mass is 10.1. The van der Waals surface area contributed by atoms with E-state index < -0.39 is 0 Å². The van der Waals surface area contributed by atoms with Crippen LogP contribution in [0.25, 0.3) is 0 Å². The molecule has 4 heteroatoms. The van der Waals surface area contributed by atoms with E-state index in [0.717, 1.165) is 31.5 Å². The third-order valence-corrected chi connectivity index (χ3v) is 3.40. The van der Waals surface area contributed by atoms with Gasteiger partial charge in [-0.15, -0.1) is 0 Å². The number of hydrogen-bond donors (Lipinski definition) is 0. The molecule has 1 amide bonds. The number of hydrogen-bond acceptors (Lipinski definition) is 3. The largest absolute Gasteiger partial charge is 0.334 e. The van der Waals surface area contributed by atoms with Crippen LogP contribution in [-0.2, 0) is 9.59 Å². The fraction of sp³-hybridized carbons (Fsp3) is 0.800. The molecule has 1 heterocycles. The Kier molecular flexibility index (Phi) is 8.28. The molecule has 4 nitrogen and oxygen atoms in total. The van der Waals surface area contributed by atoms with Gasteiger partial charge in [-0.1, -0.05) is 13.8 Å². The van der Waals surface area contributed by atoms with Crippen LogP contribution in [0.2, 0.25) is 0 Å². The molecule has 0 aliphatic carbocycles. The number of amides is 1. The molecule has 110 valence electrons. The summed E-state index contributed by atoms with van der Waals surface area (Å²) in [7, 11) is 1.81. The smallest absolute Gasteiger partial charge is 0.225 e. The quantitative estimate of drug-likeness (QED) is 0.739. The van der Waals surface area contributed by atoms with Crippen LogP contribution in [0, 0.1) is 5.92 Å². The molecule has 19 heavy (non-hydrogen) atoms. The Morgan fingerprint density at radius 3 is 2.26 bits per heavy atom. The van der Waals surface area contributed by atoms with Crippen LogP contribution in [0.3, 0.4) is 0 Å². The Labute approximate surface area is 117 Å². The lowest BCUT2D eigenvalue weighted by molar-refractivity contribution is -0.134. The molecule has 1 fully saturated rings. The topological polar surface area (TPSA) is 49.7 Å². The van der Waals surface area contributed by atoms with E-state index in [0.29, 0.717) is 5.91 Å². The van der Waals surface area contributed by atoms with E-state index in [-0.39, 0.29) is 17.7 Å². The van der Waals surface area contributed by atoms with Gasteiger partial charge in [0.15, 0.2) is 0 Å². The monoisotopic (exact) mass is 268 g/mol. The van der Waals surface area contributed by atoms with Crippen molar-refractivity contribution < 1.29 is 9.59 Å². The zero-order valence-electron chi connectivity index (χ0n) is 13.2. The van der Waals surface area contributed by atoms with Crippen molar-refractivity contribution in [3.63, 3.8) is 0 Å². The summed E-state index contributed by atoms with van der Waals surface area (Å²) < 4.78 is 0. The minimum absolute atomic E-state index is 0.148. The number of rotatable bonds is 3. The number of aliphatic imine (C=N–C) groups is 1. The second-order valence-corrected chi connectivity index (χ2v) is 5.27. The van der Waals surface area contributed by atoms with E-state index >= 15 is 0 Å². The van der Waals surface area contributed by atoms with Gasteiger partial charge in [-0.3, -0.25) is 9.79 Å². The molecule has 0 aromatic rings. The molecule has 2 unspecified atom stereocenters.